The van der Waals surface area contributed by atoms with Crippen molar-refractivity contribution in [3.63, 3.8) is 0 Å². The number of rotatable bonds is 5. The van der Waals surface area contributed by atoms with Crippen molar-refractivity contribution in [3.8, 4) is 28.2 Å². The molecule has 4 aromatic carbocycles. The first kappa shape index (κ1) is 24.6. The lowest BCUT2D eigenvalue weighted by Crippen LogP contribution is -2.00. The van der Waals surface area contributed by atoms with Crippen LogP contribution in [0.4, 0.5) is 0 Å². The number of pyridine rings is 2. The fraction of sp³-hybridized carbons (Fsp3) is 0.105. The first-order chi connectivity index (χ1) is 20.6. The molecule has 0 spiro atoms. The molecule has 0 radical (unpaired) electrons. The molecule has 4 nitrogen and oxygen atoms in total. The molecular weight excluding hydrogens is 512 g/mol. The Balaban J connectivity index is 1.32. The standard InChI is InChI=1S/C38H30N4/c1-24(2)20-25-21-26(28-12-7-13-31-29-10-3-5-15-34(29)41-37(28)31)23-27(22-25)33-16-8-18-36(40-33)42-35-17-6-4-11-30(35)32-14-9-19-39-38(32)42/h3-19,21-24,41H,20H2,1-2H3. The zero-order valence-electron chi connectivity index (χ0n) is 23.7. The van der Waals surface area contributed by atoms with Crippen LogP contribution < -0.4 is 0 Å². The Morgan fingerprint density at radius 1 is 0.690 bits per heavy atom. The molecule has 0 fully saturated rings. The van der Waals surface area contributed by atoms with Gasteiger partial charge in [-0.3, -0.25) is 4.57 Å². The largest absolute Gasteiger partial charge is 0.354 e. The van der Waals surface area contributed by atoms with Crippen LogP contribution in [0.15, 0.2) is 121 Å². The number of para-hydroxylation sites is 3. The van der Waals surface area contributed by atoms with E-state index in [0.717, 1.165) is 45.6 Å². The van der Waals surface area contributed by atoms with Crippen LogP contribution in [0.5, 0.6) is 0 Å². The number of benzene rings is 4. The molecule has 0 aliphatic heterocycles. The third kappa shape index (κ3) is 3.99. The number of hydrogen-bond donors (Lipinski definition) is 1. The zero-order chi connectivity index (χ0) is 28.2. The van der Waals surface area contributed by atoms with Gasteiger partial charge in [0.1, 0.15) is 11.5 Å². The molecule has 42 heavy (non-hydrogen) atoms. The maximum atomic E-state index is 5.25. The summed E-state index contributed by atoms with van der Waals surface area (Å²) < 4.78 is 2.18. The maximum Gasteiger partial charge on any atom is 0.146 e. The highest BCUT2D eigenvalue weighted by atomic mass is 15.1. The minimum absolute atomic E-state index is 0.542. The summed E-state index contributed by atoms with van der Waals surface area (Å²) in [6.45, 7) is 4.55. The Labute approximate surface area is 244 Å². The zero-order valence-corrected chi connectivity index (χ0v) is 23.7. The molecule has 0 saturated carbocycles. The van der Waals surface area contributed by atoms with Crippen LogP contribution in [0.2, 0.25) is 0 Å². The molecule has 0 aliphatic rings. The molecule has 4 aromatic heterocycles. The number of aromatic nitrogens is 4. The molecule has 0 aliphatic carbocycles. The van der Waals surface area contributed by atoms with Crippen molar-refractivity contribution in [2.24, 2.45) is 5.92 Å². The highest BCUT2D eigenvalue weighted by Gasteiger charge is 2.16. The van der Waals surface area contributed by atoms with E-state index in [2.05, 4.69) is 133 Å². The highest BCUT2D eigenvalue weighted by Crippen LogP contribution is 2.36. The average molecular weight is 543 g/mol. The number of fused-ring (bicyclic) bond motifs is 6. The lowest BCUT2D eigenvalue weighted by atomic mass is 9.93. The highest BCUT2D eigenvalue weighted by molar-refractivity contribution is 6.12. The molecule has 4 heterocycles. The van der Waals surface area contributed by atoms with Gasteiger partial charge in [-0.25, -0.2) is 9.97 Å². The molecule has 4 heteroatoms. The average Bonchev–Trinajstić information content (AvgIpc) is 3.57. The van der Waals surface area contributed by atoms with Crippen LogP contribution in [0.25, 0.3) is 71.9 Å². The molecule has 0 atom stereocenters. The van der Waals surface area contributed by atoms with Gasteiger partial charge in [-0.05, 0) is 72.0 Å². The van der Waals surface area contributed by atoms with E-state index in [1.807, 2.05) is 12.3 Å². The van der Waals surface area contributed by atoms with Crippen molar-refractivity contribution in [1.82, 2.24) is 19.5 Å². The number of aromatic amines is 1. The van der Waals surface area contributed by atoms with Crippen molar-refractivity contribution in [3.05, 3.63) is 127 Å². The number of hydrogen-bond acceptors (Lipinski definition) is 2. The number of nitrogens with zero attached hydrogens (tertiary/aromatic N) is 3. The van der Waals surface area contributed by atoms with Crippen molar-refractivity contribution in [2.45, 2.75) is 20.3 Å². The van der Waals surface area contributed by atoms with E-state index < -0.39 is 0 Å². The van der Waals surface area contributed by atoms with Crippen molar-refractivity contribution in [2.75, 3.05) is 0 Å². The van der Waals surface area contributed by atoms with Crippen LogP contribution in [0.3, 0.4) is 0 Å². The summed E-state index contributed by atoms with van der Waals surface area (Å²) >= 11 is 0. The SMILES string of the molecule is CC(C)Cc1cc(-c2cccc(-n3c4ccccc4c4cccnc43)n2)cc(-c2cccc3c2[nH]c2ccccc23)c1. The quantitative estimate of drug-likeness (QED) is 0.235. The van der Waals surface area contributed by atoms with Crippen molar-refractivity contribution < 1.29 is 0 Å². The molecule has 8 aromatic rings. The molecule has 0 amide bonds. The Bertz CT molecular complexity index is 2210. The third-order valence-corrected chi connectivity index (χ3v) is 8.18. The smallest absolute Gasteiger partial charge is 0.146 e. The summed E-state index contributed by atoms with van der Waals surface area (Å²) in [4.78, 5) is 13.7. The third-order valence-electron chi connectivity index (χ3n) is 8.18. The fourth-order valence-electron chi connectivity index (χ4n) is 6.43. The minimum atomic E-state index is 0.542. The maximum absolute atomic E-state index is 5.25. The lowest BCUT2D eigenvalue weighted by molar-refractivity contribution is 0.647. The molecule has 0 unspecified atom stereocenters. The van der Waals surface area contributed by atoms with Gasteiger partial charge in [0.05, 0.1) is 16.7 Å². The van der Waals surface area contributed by atoms with Crippen molar-refractivity contribution in [1.29, 1.82) is 0 Å². The Morgan fingerprint density at radius 2 is 1.45 bits per heavy atom. The summed E-state index contributed by atoms with van der Waals surface area (Å²) in [5.74, 6) is 1.41. The van der Waals surface area contributed by atoms with Crippen LogP contribution in [-0.2, 0) is 6.42 Å². The van der Waals surface area contributed by atoms with E-state index in [1.165, 1.54) is 38.4 Å². The predicted molar refractivity (Wildman–Crippen MR) is 175 cm³/mol. The molecule has 0 saturated heterocycles. The first-order valence-corrected chi connectivity index (χ1v) is 14.6. The predicted octanol–water partition coefficient (Wildman–Crippen LogP) is 9.74. The summed E-state index contributed by atoms with van der Waals surface area (Å²) in [6.07, 6.45) is 2.86. The van der Waals surface area contributed by atoms with Gasteiger partial charge in [-0.1, -0.05) is 80.6 Å². The Kier molecular flexibility index (Phi) is 5.68. The lowest BCUT2D eigenvalue weighted by Gasteiger charge is -2.14. The fourth-order valence-corrected chi connectivity index (χ4v) is 6.43. The number of nitrogens with one attached hydrogen (secondary N) is 1. The summed E-state index contributed by atoms with van der Waals surface area (Å²) in [7, 11) is 0. The molecule has 1 N–H and O–H groups in total. The van der Waals surface area contributed by atoms with E-state index >= 15 is 0 Å². The summed E-state index contributed by atoms with van der Waals surface area (Å²) in [6, 6.07) is 41.0. The van der Waals surface area contributed by atoms with Crippen LogP contribution in [0.1, 0.15) is 19.4 Å². The minimum Gasteiger partial charge on any atom is -0.354 e. The van der Waals surface area contributed by atoms with Gasteiger partial charge in [0.25, 0.3) is 0 Å². The second-order valence-corrected chi connectivity index (χ2v) is 11.5. The summed E-state index contributed by atoms with van der Waals surface area (Å²) in [5, 5.41) is 4.81. The second-order valence-electron chi connectivity index (χ2n) is 11.5. The van der Waals surface area contributed by atoms with Gasteiger partial charge >= 0.3 is 0 Å². The van der Waals surface area contributed by atoms with Gasteiger partial charge in [0.15, 0.2) is 0 Å². The molecule has 0 bridgehead atoms. The first-order valence-electron chi connectivity index (χ1n) is 14.6. The van der Waals surface area contributed by atoms with Gasteiger partial charge in [-0.15, -0.1) is 0 Å². The van der Waals surface area contributed by atoms with Gasteiger partial charge in [-0.2, -0.15) is 0 Å². The van der Waals surface area contributed by atoms with E-state index in [1.54, 1.807) is 0 Å². The molecule has 202 valence electrons. The molecular formula is C38H30N4. The van der Waals surface area contributed by atoms with Gasteiger partial charge in [0, 0.05) is 44.4 Å². The van der Waals surface area contributed by atoms with Crippen LogP contribution in [-0.4, -0.2) is 19.5 Å². The van der Waals surface area contributed by atoms with Crippen LogP contribution >= 0.6 is 0 Å². The van der Waals surface area contributed by atoms with Gasteiger partial charge < -0.3 is 4.98 Å². The Hall–Kier alpha value is -5.22. The Morgan fingerprint density at radius 3 is 2.36 bits per heavy atom. The normalized spacial score (nSPS) is 11.9. The van der Waals surface area contributed by atoms with E-state index in [-0.39, 0.29) is 0 Å². The van der Waals surface area contributed by atoms with E-state index in [4.69, 9.17) is 9.97 Å². The van der Waals surface area contributed by atoms with E-state index in [0.29, 0.717) is 5.92 Å². The van der Waals surface area contributed by atoms with Crippen LogP contribution in [0, 0.1) is 5.92 Å². The van der Waals surface area contributed by atoms with E-state index in [9.17, 15) is 0 Å². The molecule has 8 rings (SSSR count). The van der Waals surface area contributed by atoms with Gasteiger partial charge in [0.2, 0.25) is 0 Å². The summed E-state index contributed by atoms with van der Waals surface area (Å²) in [5.41, 5.74) is 10.1. The van der Waals surface area contributed by atoms with Crippen molar-refractivity contribution >= 4 is 43.7 Å². The topological polar surface area (TPSA) is 46.5 Å². The monoisotopic (exact) mass is 542 g/mol. The second kappa shape index (κ2) is 9.71. The number of H-pyrrole nitrogens is 1.